The van der Waals surface area contributed by atoms with Crippen LogP contribution < -0.4 is 21.1 Å². The van der Waals surface area contributed by atoms with Gasteiger partial charge in [0, 0.05) is 18.2 Å². The van der Waals surface area contributed by atoms with Crippen molar-refractivity contribution in [2.45, 2.75) is 109 Å². The van der Waals surface area contributed by atoms with Crippen molar-refractivity contribution in [1.29, 1.82) is 0 Å². The molecule has 1 aromatic rings. The summed E-state index contributed by atoms with van der Waals surface area (Å²) in [5, 5.41) is 10.9. The zero-order valence-corrected chi connectivity index (χ0v) is 25.0. The van der Waals surface area contributed by atoms with Crippen LogP contribution in [0.1, 0.15) is 102 Å². The zero-order chi connectivity index (χ0) is 29.4. The molecule has 2 unspecified atom stereocenters. The molecule has 5 saturated carbocycles. The van der Waals surface area contributed by atoms with Crippen LogP contribution in [0.2, 0.25) is 0 Å². The number of nitrogens with one attached hydrogen (secondary N) is 2. The Morgan fingerprint density at radius 3 is 2.46 bits per heavy atom. The highest BCUT2D eigenvalue weighted by atomic mass is 16.6. The molecule has 3 amide bonds. The number of carbonyl (C=O) groups excluding carboxylic acids is 3. The number of aromatic nitrogens is 2. The first-order chi connectivity index (χ1) is 19.4. The Bertz CT molecular complexity index is 1150. The van der Waals surface area contributed by atoms with Crippen LogP contribution in [0.5, 0.6) is 5.88 Å². The van der Waals surface area contributed by atoms with Gasteiger partial charge in [-0.15, -0.1) is 0 Å². The smallest absolute Gasteiger partial charge is 0.405 e. The molecule has 10 heteroatoms. The number of primary amides is 1. The van der Waals surface area contributed by atoms with Crippen molar-refractivity contribution in [2.75, 3.05) is 6.61 Å². The lowest BCUT2D eigenvalue weighted by Gasteiger charge is -2.58. The van der Waals surface area contributed by atoms with E-state index in [9.17, 15) is 14.4 Å². The Hall–Kier alpha value is -3.04. The Labute approximate surface area is 243 Å². The highest BCUT2D eigenvalue weighted by Gasteiger charge is 2.57. The molecule has 0 saturated heterocycles. The first-order valence-corrected chi connectivity index (χ1v) is 15.4. The van der Waals surface area contributed by atoms with Crippen molar-refractivity contribution >= 4 is 24.1 Å². The summed E-state index contributed by atoms with van der Waals surface area (Å²) in [7, 11) is 0. The molecule has 0 aromatic carbocycles. The monoisotopic (exact) mass is 569 g/mol. The van der Waals surface area contributed by atoms with Crippen LogP contribution in [-0.2, 0) is 9.53 Å². The zero-order valence-electron chi connectivity index (χ0n) is 25.0. The molecule has 10 nitrogen and oxygen atoms in total. The SMILES string of the molecule is CC(C)COc1c(C(=O)N[C@H]2C3CC4CC2C[C@](OC(N)=O)(C4)C3)cnn1/C=C/C(C)(C)NC(=O)C1CCCCC1. The average molecular weight is 570 g/mol. The van der Waals surface area contributed by atoms with E-state index in [-0.39, 0.29) is 41.5 Å². The topological polar surface area (TPSA) is 138 Å². The Kier molecular flexibility index (Phi) is 8.39. The molecule has 6 rings (SSSR count). The maximum absolute atomic E-state index is 13.7. The second kappa shape index (κ2) is 11.7. The van der Waals surface area contributed by atoms with E-state index in [1.165, 1.54) is 6.42 Å². The normalized spacial score (nSPS) is 29.6. The Morgan fingerprint density at radius 2 is 1.83 bits per heavy atom. The second-order valence-corrected chi connectivity index (χ2v) is 13.9. The molecule has 5 aliphatic carbocycles. The van der Waals surface area contributed by atoms with E-state index < -0.39 is 17.2 Å². The average Bonchev–Trinajstić information content (AvgIpc) is 3.30. The number of amides is 3. The fraction of sp³-hybridized carbons (Fsp3) is 0.742. The summed E-state index contributed by atoms with van der Waals surface area (Å²) in [5.41, 5.74) is 4.71. The number of hydrogen-bond donors (Lipinski definition) is 3. The van der Waals surface area contributed by atoms with Crippen LogP contribution >= 0.6 is 0 Å². The Balaban J connectivity index is 1.29. The minimum Gasteiger partial charge on any atom is -0.477 e. The molecule has 0 radical (unpaired) electrons. The lowest BCUT2D eigenvalue weighted by molar-refractivity contribution is -0.137. The van der Waals surface area contributed by atoms with Gasteiger partial charge in [0.05, 0.1) is 18.3 Å². The van der Waals surface area contributed by atoms with E-state index in [2.05, 4.69) is 29.6 Å². The van der Waals surface area contributed by atoms with Crippen molar-refractivity contribution in [3.05, 3.63) is 17.8 Å². The first kappa shape index (κ1) is 29.5. The minimum atomic E-state index is -0.711. The van der Waals surface area contributed by atoms with Gasteiger partial charge in [-0.2, -0.15) is 5.10 Å². The van der Waals surface area contributed by atoms with E-state index >= 15 is 0 Å². The molecule has 0 spiro atoms. The van der Waals surface area contributed by atoms with Crippen LogP contribution in [0, 0.1) is 29.6 Å². The number of nitrogens with zero attached hydrogens (tertiary/aromatic N) is 2. The van der Waals surface area contributed by atoms with Gasteiger partial charge in [-0.25, -0.2) is 9.48 Å². The lowest BCUT2D eigenvalue weighted by atomic mass is 9.52. The van der Waals surface area contributed by atoms with Gasteiger partial charge < -0.3 is 25.8 Å². The summed E-state index contributed by atoms with van der Waals surface area (Å²) in [6.07, 6.45) is 14.2. The molecule has 4 bridgehead atoms. The van der Waals surface area contributed by atoms with Crippen LogP contribution in [0.3, 0.4) is 0 Å². The van der Waals surface area contributed by atoms with Crippen LogP contribution in [0.25, 0.3) is 6.20 Å². The fourth-order valence-corrected chi connectivity index (χ4v) is 7.84. The van der Waals surface area contributed by atoms with E-state index in [1.807, 2.05) is 19.9 Å². The maximum atomic E-state index is 13.7. The van der Waals surface area contributed by atoms with Gasteiger partial charge in [0.25, 0.3) is 5.91 Å². The van der Waals surface area contributed by atoms with Gasteiger partial charge in [-0.3, -0.25) is 9.59 Å². The number of ether oxygens (including phenoxy) is 2. The van der Waals surface area contributed by atoms with Gasteiger partial charge in [0.1, 0.15) is 11.2 Å². The minimum absolute atomic E-state index is 0.00873. The van der Waals surface area contributed by atoms with Crippen molar-refractivity contribution in [3.8, 4) is 5.88 Å². The maximum Gasteiger partial charge on any atom is 0.405 e. The number of rotatable bonds is 10. The van der Waals surface area contributed by atoms with E-state index in [4.69, 9.17) is 15.2 Å². The van der Waals surface area contributed by atoms with Gasteiger partial charge in [0.2, 0.25) is 11.8 Å². The van der Waals surface area contributed by atoms with Crippen molar-refractivity contribution in [2.24, 2.45) is 35.3 Å². The summed E-state index contributed by atoms with van der Waals surface area (Å²) in [5.74, 6) is 1.59. The molecule has 1 aromatic heterocycles. The fourth-order valence-electron chi connectivity index (χ4n) is 7.84. The van der Waals surface area contributed by atoms with E-state index in [1.54, 1.807) is 17.1 Å². The molecular formula is C31H47N5O5. The van der Waals surface area contributed by atoms with E-state index in [0.717, 1.165) is 57.8 Å². The quantitative estimate of drug-likeness (QED) is 0.376. The highest BCUT2D eigenvalue weighted by molar-refractivity contribution is 5.96. The summed E-state index contributed by atoms with van der Waals surface area (Å²) in [6, 6.07) is 0.00873. The molecule has 1 heterocycles. The summed E-state index contributed by atoms with van der Waals surface area (Å²) < 4.78 is 13.3. The van der Waals surface area contributed by atoms with Crippen molar-refractivity contribution in [1.82, 2.24) is 20.4 Å². The van der Waals surface area contributed by atoms with Gasteiger partial charge in [0.15, 0.2) is 0 Å². The number of nitrogens with two attached hydrogens (primary N) is 1. The van der Waals surface area contributed by atoms with Gasteiger partial charge in [-0.1, -0.05) is 33.1 Å². The summed E-state index contributed by atoms with van der Waals surface area (Å²) >= 11 is 0. The predicted molar refractivity (Wildman–Crippen MR) is 155 cm³/mol. The molecule has 5 aliphatic rings. The lowest BCUT2D eigenvalue weighted by Crippen LogP contribution is -2.63. The van der Waals surface area contributed by atoms with Crippen LogP contribution in [0.4, 0.5) is 4.79 Å². The van der Waals surface area contributed by atoms with Gasteiger partial charge >= 0.3 is 6.09 Å². The molecule has 226 valence electrons. The van der Waals surface area contributed by atoms with Crippen LogP contribution in [-0.4, -0.2) is 51.5 Å². The number of hydrogen-bond acceptors (Lipinski definition) is 6. The molecule has 5 fully saturated rings. The highest BCUT2D eigenvalue weighted by Crippen LogP contribution is 2.57. The van der Waals surface area contributed by atoms with Crippen molar-refractivity contribution < 1.29 is 23.9 Å². The summed E-state index contributed by atoms with van der Waals surface area (Å²) in [6.45, 7) is 8.45. The molecular weight excluding hydrogens is 522 g/mol. The van der Waals surface area contributed by atoms with Gasteiger partial charge in [-0.05, 0) is 88.5 Å². The van der Waals surface area contributed by atoms with Crippen LogP contribution in [0.15, 0.2) is 12.3 Å². The van der Waals surface area contributed by atoms with E-state index in [0.29, 0.717) is 24.0 Å². The second-order valence-electron chi connectivity index (χ2n) is 13.9. The molecule has 2 atom stereocenters. The Morgan fingerprint density at radius 1 is 1.15 bits per heavy atom. The predicted octanol–water partition coefficient (Wildman–Crippen LogP) is 4.64. The van der Waals surface area contributed by atoms with Crippen molar-refractivity contribution in [3.63, 3.8) is 0 Å². The largest absolute Gasteiger partial charge is 0.477 e. The standard InChI is InChI=1S/C31H47N5O5/c1-19(2)18-40-28-24(17-33-36(28)11-10-30(3,4)35-26(37)21-8-6-5-7-9-21)27(38)34-25-22-12-20-13-23(25)16-31(14-20,15-22)41-29(32)39/h10-11,17,19-23,25H,5-9,12-16,18H2,1-4H3,(H2,32,39)(H,34,38)(H,35,37)/b11-10+/t20?,22?,23?,25-,31-. The first-order valence-electron chi connectivity index (χ1n) is 15.4. The summed E-state index contributed by atoms with van der Waals surface area (Å²) in [4.78, 5) is 38.1. The molecule has 0 aliphatic heterocycles. The third kappa shape index (κ3) is 6.72. The third-order valence-electron chi connectivity index (χ3n) is 9.43. The molecule has 4 N–H and O–H groups in total. The third-order valence-corrected chi connectivity index (χ3v) is 9.43. The number of carbonyl (C=O) groups is 3. The molecule has 41 heavy (non-hydrogen) atoms.